The maximum absolute atomic E-state index is 12.3. The average molecular weight is 352 g/mol. The molecule has 0 aliphatic carbocycles. The van der Waals surface area contributed by atoms with E-state index in [1.807, 2.05) is 30.1 Å². The van der Waals surface area contributed by atoms with Crippen LogP contribution in [0.2, 0.25) is 0 Å². The molecule has 0 aliphatic heterocycles. The molecule has 0 saturated heterocycles. The lowest BCUT2D eigenvalue weighted by Crippen LogP contribution is -2.31. The monoisotopic (exact) mass is 352 g/mol. The number of aromatic nitrogens is 3. The summed E-state index contributed by atoms with van der Waals surface area (Å²) in [5, 5.41) is 8.61. The number of nitrogens with zero attached hydrogens (tertiary/aromatic N) is 2. The molecule has 138 valence electrons. The highest BCUT2D eigenvalue weighted by Gasteiger charge is 2.19. The summed E-state index contributed by atoms with van der Waals surface area (Å²) in [6.07, 6.45) is 6.18. The van der Waals surface area contributed by atoms with E-state index in [1.165, 1.54) is 16.6 Å². The van der Waals surface area contributed by atoms with Crippen LogP contribution in [0.3, 0.4) is 0 Å². The number of carbonyl (C=O) groups excluding carboxylic acids is 1. The van der Waals surface area contributed by atoms with Gasteiger partial charge in [0.25, 0.3) is 0 Å². The van der Waals surface area contributed by atoms with Gasteiger partial charge in [-0.2, -0.15) is 5.10 Å². The molecule has 1 aromatic carbocycles. The number of amides is 1. The fraction of sp³-hybridized carbons (Fsp3) is 0.429. The normalized spacial score (nSPS) is 12.6. The van der Waals surface area contributed by atoms with Gasteiger partial charge in [-0.15, -0.1) is 0 Å². The highest BCUT2D eigenvalue weighted by atomic mass is 16.1. The van der Waals surface area contributed by atoms with Crippen molar-refractivity contribution in [3.8, 4) is 0 Å². The van der Waals surface area contributed by atoms with Crippen molar-refractivity contribution in [1.82, 2.24) is 20.1 Å². The maximum atomic E-state index is 12.3. The summed E-state index contributed by atoms with van der Waals surface area (Å²) in [7, 11) is 1.95. The van der Waals surface area contributed by atoms with Crippen LogP contribution < -0.4 is 5.32 Å². The van der Waals surface area contributed by atoms with Gasteiger partial charge in [0, 0.05) is 54.9 Å². The number of H-pyrrole nitrogens is 1. The van der Waals surface area contributed by atoms with Crippen LogP contribution in [0.1, 0.15) is 43.9 Å². The summed E-state index contributed by atoms with van der Waals surface area (Å²) < 4.78 is 1.90. The zero-order valence-electron chi connectivity index (χ0n) is 15.8. The van der Waals surface area contributed by atoms with Crippen LogP contribution in [-0.4, -0.2) is 27.2 Å². The standard InChI is InChI=1S/C21H28N4O/c1-15(2)18(20-11-12-24-25(20)3)14-23-21(26)10-6-7-16-13-22-19-9-5-4-8-17(16)19/h4-5,8-9,11-13,15,18,22H,6-7,10,14H2,1-3H3,(H,23,26)/t18-/m1/s1. The minimum absolute atomic E-state index is 0.123. The molecule has 3 aromatic rings. The highest BCUT2D eigenvalue weighted by molar-refractivity contribution is 5.83. The average Bonchev–Trinajstić information content (AvgIpc) is 3.22. The molecular weight excluding hydrogens is 324 g/mol. The summed E-state index contributed by atoms with van der Waals surface area (Å²) in [6, 6.07) is 10.3. The summed E-state index contributed by atoms with van der Waals surface area (Å²) in [5.41, 5.74) is 3.60. The van der Waals surface area contributed by atoms with Crippen LogP contribution >= 0.6 is 0 Å². The molecule has 0 aliphatic rings. The van der Waals surface area contributed by atoms with E-state index in [9.17, 15) is 4.79 Å². The van der Waals surface area contributed by atoms with Gasteiger partial charge in [-0.25, -0.2) is 0 Å². The number of rotatable bonds is 8. The number of benzene rings is 1. The Balaban J connectivity index is 1.49. The number of fused-ring (bicyclic) bond motifs is 1. The number of hydrogen-bond donors (Lipinski definition) is 2. The molecule has 0 fully saturated rings. The lowest BCUT2D eigenvalue weighted by molar-refractivity contribution is -0.121. The van der Waals surface area contributed by atoms with Gasteiger partial charge in [0.15, 0.2) is 0 Å². The van der Waals surface area contributed by atoms with Crippen molar-refractivity contribution in [2.45, 2.75) is 39.0 Å². The van der Waals surface area contributed by atoms with Gasteiger partial charge in [0.05, 0.1) is 0 Å². The Morgan fingerprint density at radius 1 is 1.27 bits per heavy atom. The van der Waals surface area contributed by atoms with Crippen LogP contribution in [-0.2, 0) is 18.3 Å². The van der Waals surface area contributed by atoms with Crippen molar-refractivity contribution in [2.75, 3.05) is 6.54 Å². The van der Waals surface area contributed by atoms with Crippen LogP contribution in [0.4, 0.5) is 0 Å². The Morgan fingerprint density at radius 2 is 2.08 bits per heavy atom. The molecule has 26 heavy (non-hydrogen) atoms. The lowest BCUT2D eigenvalue weighted by atomic mass is 9.92. The summed E-state index contributed by atoms with van der Waals surface area (Å²) in [4.78, 5) is 15.6. The maximum Gasteiger partial charge on any atom is 0.220 e. The van der Waals surface area contributed by atoms with Crippen molar-refractivity contribution in [1.29, 1.82) is 0 Å². The molecule has 1 amide bonds. The lowest BCUT2D eigenvalue weighted by Gasteiger charge is -2.21. The Labute approximate surface area is 154 Å². The van der Waals surface area contributed by atoms with Crippen LogP contribution in [0, 0.1) is 5.92 Å². The van der Waals surface area contributed by atoms with E-state index in [0.29, 0.717) is 18.9 Å². The van der Waals surface area contributed by atoms with Gasteiger partial charge >= 0.3 is 0 Å². The molecule has 3 rings (SSSR count). The van der Waals surface area contributed by atoms with E-state index in [2.05, 4.69) is 53.6 Å². The van der Waals surface area contributed by atoms with Gasteiger partial charge in [-0.05, 0) is 36.5 Å². The van der Waals surface area contributed by atoms with Crippen molar-refractivity contribution < 1.29 is 4.79 Å². The molecule has 5 heteroatoms. The Morgan fingerprint density at radius 3 is 2.81 bits per heavy atom. The number of aromatic amines is 1. The Bertz CT molecular complexity index is 862. The summed E-state index contributed by atoms with van der Waals surface area (Å²) in [6.45, 7) is 5.02. The predicted molar refractivity (Wildman–Crippen MR) is 105 cm³/mol. The largest absolute Gasteiger partial charge is 0.361 e. The molecule has 5 nitrogen and oxygen atoms in total. The minimum atomic E-state index is 0.123. The second kappa shape index (κ2) is 8.21. The topological polar surface area (TPSA) is 62.7 Å². The zero-order valence-corrected chi connectivity index (χ0v) is 15.8. The Hall–Kier alpha value is -2.56. The predicted octanol–water partition coefficient (Wildman–Crippen LogP) is 3.78. The van der Waals surface area contributed by atoms with E-state index in [4.69, 9.17) is 0 Å². The third-order valence-corrected chi connectivity index (χ3v) is 5.09. The second-order valence-electron chi connectivity index (χ2n) is 7.25. The third kappa shape index (κ3) is 4.15. The van der Waals surface area contributed by atoms with Crippen molar-refractivity contribution >= 4 is 16.8 Å². The molecule has 0 radical (unpaired) electrons. The Kier molecular flexibility index (Phi) is 5.76. The quantitative estimate of drug-likeness (QED) is 0.648. The molecule has 0 unspecified atom stereocenters. The number of para-hydroxylation sites is 1. The fourth-order valence-electron chi connectivity index (χ4n) is 3.52. The van der Waals surface area contributed by atoms with Gasteiger partial charge in [0.1, 0.15) is 0 Å². The van der Waals surface area contributed by atoms with Gasteiger partial charge in [0.2, 0.25) is 5.91 Å². The highest BCUT2D eigenvalue weighted by Crippen LogP contribution is 2.23. The molecule has 0 saturated carbocycles. The van der Waals surface area contributed by atoms with Crippen LogP contribution in [0.15, 0.2) is 42.7 Å². The van der Waals surface area contributed by atoms with E-state index in [0.717, 1.165) is 18.4 Å². The fourth-order valence-corrected chi connectivity index (χ4v) is 3.52. The van der Waals surface area contributed by atoms with E-state index < -0.39 is 0 Å². The second-order valence-corrected chi connectivity index (χ2v) is 7.25. The molecule has 0 spiro atoms. The van der Waals surface area contributed by atoms with E-state index in [-0.39, 0.29) is 11.8 Å². The van der Waals surface area contributed by atoms with Crippen molar-refractivity contribution in [2.24, 2.45) is 13.0 Å². The van der Waals surface area contributed by atoms with E-state index >= 15 is 0 Å². The number of carbonyl (C=O) groups is 1. The molecule has 0 bridgehead atoms. The van der Waals surface area contributed by atoms with Gasteiger partial charge < -0.3 is 10.3 Å². The summed E-state index contributed by atoms with van der Waals surface area (Å²) >= 11 is 0. The van der Waals surface area contributed by atoms with Crippen LogP contribution in [0.5, 0.6) is 0 Å². The number of hydrogen-bond acceptors (Lipinski definition) is 2. The van der Waals surface area contributed by atoms with Crippen LogP contribution in [0.25, 0.3) is 10.9 Å². The van der Waals surface area contributed by atoms with Gasteiger partial charge in [-0.3, -0.25) is 9.48 Å². The first-order valence-electron chi connectivity index (χ1n) is 9.36. The first-order chi connectivity index (χ1) is 12.6. The molecule has 1 atom stereocenters. The summed E-state index contributed by atoms with van der Waals surface area (Å²) in [5.74, 6) is 0.842. The minimum Gasteiger partial charge on any atom is -0.361 e. The number of aryl methyl sites for hydroxylation is 2. The van der Waals surface area contributed by atoms with Crippen molar-refractivity contribution in [3.63, 3.8) is 0 Å². The smallest absolute Gasteiger partial charge is 0.220 e. The molecule has 2 N–H and O–H groups in total. The first-order valence-corrected chi connectivity index (χ1v) is 9.36. The van der Waals surface area contributed by atoms with E-state index in [1.54, 1.807) is 0 Å². The van der Waals surface area contributed by atoms with Crippen molar-refractivity contribution in [3.05, 3.63) is 54.0 Å². The first kappa shape index (κ1) is 18.2. The molecular formula is C21H28N4O. The SMILES string of the molecule is CC(C)[C@@H](CNC(=O)CCCc1c[nH]c2ccccc12)c1ccnn1C. The third-order valence-electron chi connectivity index (χ3n) is 5.09. The van der Waals surface area contributed by atoms with Gasteiger partial charge in [-0.1, -0.05) is 32.0 Å². The number of nitrogens with one attached hydrogen (secondary N) is 2. The molecule has 2 heterocycles. The molecule has 2 aromatic heterocycles. The zero-order chi connectivity index (χ0) is 18.5.